The summed E-state index contributed by atoms with van der Waals surface area (Å²) in [6.45, 7) is 3.23. The summed E-state index contributed by atoms with van der Waals surface area (Å²) in [6.07, 6.45) is 1.24. The van der Waals surface area contributed by atoms with Crippen molar-refractivity contribution >= 4 is 51.7 Å². The summed E-state index contributed by atoms with van der Waals surface area (Å²) in [4.78, 5) is 29.1. The average Bonchev–Trinajstić information content (AvgIpc) is 2.99. The molecule has 0 aliphatic carbocycles. The lowest BCUT2D eigenvalue weighted by molar-refractivity contribution is -0.148. The van der Waals surface area contributed by atoms with E-state index in [1.807, 2.05) is 0 Å². The normalized spacial score (nSPS) is 15.0. The molecule has 2 heterocycles. The number of thiocarbonyl (C=S) groups is 1. The second-order valence-electron chi connectivity index (χ2n) is 6.85. The molecule has 7 nitrogen and oxygen atoms in total. The van der Waals surface area contributed by atoms with Gasteiger partial charge in [0.05, 0.1) is 18.1 Å². The second-order valence-corrected chi connectivity index (χ2v) is 8.67. The number of hydrogen-bond acceptors (Lipinski definition) is 7. The predicted molar refractivity (Wildman–Crippen MR) is 116 cm³/mol. The van der Waals surface area contributed by atoms with Crippen LogP contribution in [0.5, 0.6) is 0 Å². The van der Waals surface area contributed by atoms with Gasteiger partial charge >= 0.3 is 10.8 Å². The molecule has 1 aromatic carbocycles. The van der Waals surface area contributed by atoms with Gasteiger partial charge in [0.15, 0.2) is 0 Å². The van der Waals surface area contributed by atoms with Crippen LogP contribution in [0.25, 0.3) is 0 Å². The molecule has 3 rings (SSSR count). The summed E-state index contributed by atoms with van der Waals surface area (Å²) in [5, 5.41) is 0.0777. The zero-order valence-corrected chi connectivity index (χ0v) is 18.9. The van der Waals surface area contributed by atoms with Crippen LogP contribution in [0.15, 0.2) is 21.9 Å². The van der Waals surface area contributed by atoms with Crippen molar-refractivity contribution in [2.24, 2.45) is 4.99 Å². The largest absolute Gasteiger partial charge is 0.460 e. The van der Waals surface area contributed by atoms with Gasteiger partial charge in [0, 0.05) is 30.6 Å². The molecule has 1 atom stereocenters. The molecule has 1 aromatic heterocycles. The number of hydrogen-bond donors (Lipinski definition) is 0. The number of carbonyl (C=O) groups is 1. The van der Waals surface area contributed by atoms with Crippen molar-refractivity contribution in [3.8, 4) is 0 Å². The number of rotatable bonds is 7. The Labute approximate surface area is 186 Å². The van der Waals surface area contributed by atoms with Gasteiger partial charge in [-0.3, -0.25) is 14.3 Å². The highest BCUT2D eigenvalue weighted by Gasteiger charge is 2.18. The van der Waals surface area contributed by atoms with Gasteiger partial charge in [0.25, 0.3) is 0 Å². The number of methoxy groups -OCH3 is 1. The first kappa shape index (κ1) is 22.8. The standard InChI is InChI=1S/C19H21ClFN3O4S2/c1-11(10-27-2)28-17(25)9-16(29)12-7-15(14(21)8-13(12)20)22-18-23-5-3-4-6-24(23)19(26)30-18/h7-8,11H,3-6,9-10H2,1-2H3/b22-18+. The summed E-state index contributed by atoms with van der Waals surface area (Å²) in [6, 6.07) is 2.51. The van der Waals surface area contributed by atoms with Crippen LogP contribution in [0.2, 0.25) is 5.02 Å². The highest BCUT2D eigenvalue weighted by molar-refractivity contribution is 7.81. The maximum Gasteiger partial charge on any atom is 0.325 e. The molecule has 1 aliphatic heterocycles. The molecule has 1 aliphatic rings. The number of halogens is 2. The average molecular weight is 474 g/mol. The number of esters is 1. The van der Waals surface area contributed by atoms with E-state index in [1.54, 1.807) is 16.3 Å². The van der Waals surface area contributed by atoms with E-state index in [4.69, 9.17) is 33.3 Å². The van der Waals surface area contributed by atoms with E-state index >= 15 is 0 Å². The molecule has 0 spiro atoms. The molecule has 0 radical (unpaired) electrons. The number of aromatic nitrogens is 2. The zero-order chi connectivity index (χ0) is 21.8. The van der Waals surface area contributed by atoms with E-state index < -0.39 is 17.9 Å². The maximum atomic E-state index is 14.5. The summed E-state index contributed by atoms with van der Waals surface area (Å²) in [5.41, 5.74) is 0.328. The lowest BCUT2D eigenvalue weighted by atomic mass is 10.1. The number of nitrogens with zero attached hydrogens (tertiary/aromatic N) is 3. The molecule has 162 valence electrons. The van der Waals surface area contributed by atoms with Gasteiger partial charge in [-0.15, -0.1) is 0 Å². The summed E-state index contributed by atoms with van der Waals surface area (Å²) < 4.78 is 28.0. The first-order valence-electron chi connectivity index (χ1n) is 9.36. The van der Waals surface area contributed by atoms with Crippen LogP contribution in [-0.4, -0.2) is 40.0 Å². The summed E-state index contributed by atoms with van der Waals surface area (Å²) in [7, 11) is 1.51. The third-order valence-corrected chi connectivity index (χ3v) is 6.03. The topological polar surface area (TPSA) is 74.8 Å². The van der Waals surface area contributed by atoms with E-state index in [0.717, 1.165) is 30.2 Å². The zero-order valence-electron chi connectivity index (χ0n) is 16.5. The Kier molecular flexibility index (Phi) is 7.56. The molecule has 2 aromatic rings. The molecular weight excluding hydrogens is 453 g/mol. The van der Waals surface area contributed by atoms with Crippen molar-refractivity contribution in [2.75, 3.05) is 13.7 Å². The Bertz CT molecular complexity index is 1090. The first-order valence-corrected chi connectivity index (χ1v) is 11.0. The van der Waals surface area contributed by atoms with E-state index in [2.05, 4.69) is 4.99 Å². The van der Waals surface area contributed by atoms with Gasteiger partial charge in [0.2, 0.25) is 4.80 Å². The fraction of sp³-hybridized carbons (Fsp3) is 0.474. The van der Waals surface area contributed by atoms with Crippen LogP contribution in [0.4, 0.5) is 10.1 Å². The van der Waals surface area contributed by atoms with E-state index in [1.165, 1.54) is 13.2 Å². The number of fused-ring (bicyclic) bond motifs is 1. The van der Waals surface area contributed by atoms with Crippen molar-refractivity contribution < 1.29 is 18.7 Å². The van der Waals surface area contributed by atoms with Crippen LogP contribution >= 0.6 is 35.2 Å². The fourth-order valence-corrected chi connectivity index (χ4v) is 4.62. The predicted octanol–water partition coefficient (Wildman–Crippen LogP) is 3.22. The van der Waals surface area contributed by atoms with E-state index in [9.17, 15) is 14.0 Å². The Morgan fingerprint density at radius 2 is 2.07 bits per heavy atom. The Morgan fingerprint density at radius 3 is 2.77 bits per heavy atom. The van der Waals surface area contributed by atoms with Gasteiger partial charge in [-0.05, 0) is 43.2 Å². The Balaban J connectivity index is 1.89. The molecular formula is C19H21ClFN3O4S2. The van der Waals surface area contributed by atoms with Crippen LogP contribution in [-0.2, 0) is 27.4 Å². The second kappa shape index (κ2) is 9.95. The van der Waals surface area contributed by atoms with E-state index in [0.29, 0.717) is 23.5 Å². The molecule has 0 fully saturated rings. The number of ether oxygens (including phenoxy) is 2. The molecule has 0 amide bonds. The highest BCUT2D eigenvalue weighted by Crippen LogP contribution is 2.27. The molecule has 0 saturated carbocycles. The van der Waals surface area contributed by atoms with Crippen LogP contribution in [0.3, 0.4) is 0 Å². The number of benzene rings is 1. The van der Waals surface area contributed by atoms with Gasteiger partial charge in [-0.2, -0.15) is 0 Å². The van der Waals surface area contributed by atoms with Gasteiger partial charge in [0.1, 0.15) is 17.6 Å². The molecule has 0 saturated heterocycles. The minimum Gasteiger partial charge on any atom is -0.460 e. The van der Waals surface area contributed by atoms with Gasteiger partial charge in [-0.25, -0.2) is 14.1 Å². The SMILES string of the molecule is COCC(C)OC(=O)CC(=S)c1cc(/N=c2/sc(=O)n3n2CCCC3)c(F)cc1Cl. The Morgan fingerprint density at radius 1 is 1.37 bits per heavy atom. The van der Waals surface area contributed by atoms with E-state index in [-0.39, 0.29) is 33.5 Å². The van der Waals surface area contributed by atoms with Crippen LogP contribution in [0.1, 0.15) is 31.7 Å². The first-order chi connectivity index (χ1) is 14.3. The van der Waals surface area contributed by atoms with Crippen LogP contribution in [0, 0.1) is 5.82 Å². The molecule has 11 heteroatoms. The fourth-order valence-electron chi connectivity index (χ4n) is 3.12. The van der Waals surface area contributed by atoms with Crippen molar-refractivity contribution in [1.82, 2.24) is 9.36 Å². The molecule has 0 N–H and O–H groups in total. The lowest BCUT2D eigenvalue weighted by Crippen LogP contribution is -2.31. The highest BCUT2D eigenvalue weighted by atomic mass is 35.5. The third-order valence-electron chi connectivity index (χ3n) is 4.48. The molecule has 0 bridgehead atoms. The Hall–Kier alpha value is -1.88. The maximum absolute atomic E-state index is 14.5. The van der Waals surface area contributed by atoms with Crippen LogP contribution < -0.4 is 9.67 Å². The van der Waals surface area contributed by atoms with Gasteiger partial charge in [-0.1, -0.05) is 23.8 Å². The minimum atomic E-state index is -0.640. The quantitative estimate of drug-likeness (QED) is 0.350. The summed E-state index contributed by atoms with van der Waals surface area (Å²) in [5.74, 6) is -1.17. The molecule has 30 heavy (non-hydrogen) atoms. The number of carbonyl (C=O) groups excluding carboxylic acids is 1. The smallest absolute Gasteiger partial charge is 0.325 e. The van der Waals surface area contributed by atoms with Crippen molar-refractivity contribution in [3.63, 3.8) is 0 Å². The minimum absolute atomic E-state index is 0.000548. The van der Waals surface area contributed by atoms with Crippen molar-refractivity contribution in [3.05, 3.63) is 43.0 Å². The van der Waals surface area contributed by atoms with Crippen molar-refractivity contribution in [2.45, 2.75) is 45.4 Å². The van der Waals surface area contributed by atoms with Gasteiger partial charge < -0.3 is 9.47 Å². The van der Waals surface area contributed by atoms with Crippen molar-refractivity contribution in [1.29, 1.82) is 0 Å². The molecule has 1 unspecified atom stereocenters. The third kappa shape index (κ3) is 5.23. The summed E-state index contributed by atoms with van der Waals surface area (Å²) >= 11 is 12.5. The monoisotopic (exact) mass is 473 g/mol. The lowest BCUT2D eigenvalue weighted by Gasteiger charge is -2.16.